The van der Waals surface area contributed by atoms with E-state index in [4.69, 9.17) is 10.2 Å². The Bertz CT molecular complexity index is 1860. The van der Waals surface area contributed by atoms with E-state index in [0.29, 0.717) is 39.5 Å². The minimum absolute atomic E-state index is 0.0277. The van der Waals surface area contributed by atoms with E-state index in [9.17, 15) is 14.1 Å². The number of thiazole rings is 1. The van der Waals surface area contributed by atoms with Crippen molar-refractivity contribution in [3.63, 3.8) is 0 Å². The summed E-state index contributed by atoms with van der Waals surface area (Å²) in [6.07, 6.45) is 5.94. The van der Waals surface area contributed by atoms with Gasteiger partial charge in [0.05, 0.1) is 16.3 Å². The number of carboxylic acid groups (broad SMARTS) is 1. The number of carboxylic acids is 1. The van der Waals surface area contributed by atoms with Gasteiger partial charge in [-0.1, -0.05) is 36.4 Å². The Labute approximate surface area is 254 Å². The number of carbonyl (C=O) groups is 1. The highest BCUT2D eigenvalue weighted by Gasteiger charge is 2.30. The molecule has 3 aromatic carbocycles. The van der Waals surface area contributed by atoms with Crippen LogP contribution in [-0.4, -0.2) is 30.0 Å². The van der Waals surface area contributed by atoms with Crippen LogP contribution in [0, 0.1) is 11.7 Å². The molecule has 0 amide bonds. The second-order valence-corrected chi connectivity index (χ2v) is 13.3. The van der Waals surface area contributed by atoms with E-state index in [2.05, 4.69) is 17.1 Å². The number of nitrogens with two attached hydrogens (primary N) is 1. The first-order valence-electron chi connectivity index (χ1n) is 14.3. The number of aromatic nitrogens is 3. The summed E-state index contributed by atoms with van der Waals surface area (Å²) < 4.78 is 28.8. The van der Waals surface area contributed by atoms with Crippen LogP contribution < -0.4 is 5.14 Å². The molecule has 2 fully saturated rings. The summed E-state index contributed by atoms with van der Waals surface area (Å²) in [6.45, 7) is 0. The average molecular weight is 613 g/mol. The van der Waals surface area contributed by atoms with Gasteiger partial charge in [0, 0.05) is 28.5 Å². The van der Waals surface area contributed by atoms with Crippen LogP contribution >= 0.6 is 11.3 Å². The number of halogens is 1. The maximum Gasteiger partial charge on any atom is 0.355 e. The van der Waals surface area contributed by atoms with Gasteiger partial charge in [-0.15, -0.1) is 11.3 Å². The Kier molecular flexibility index (Phi) is 7.28. The number of hydrogen-bond donors (Lipinski definition) is 2. The fourth-order valence-electron chi connectivity index (χ4n) is 5.52. The first-order chi connectivity index (χ1) is 20.8. The van der Waals surface area contributed by atoms with Crippen LogP contribution in [0.3, 0.4) is 0 Å². The molecule has 0 radical (unpaired) electrons. The molecular weight excluding hydrogens is 584 g/mol. The second-order valence-electron chi connectivity index (χ2n) is 11.4. The topological polar surface area (TPSA) is 111 Å². The largest absolute Gasteiger partial charge is 0.476 e. The molecule has 2 saturated carbocycles. The highest BCUT2D eigenvalue weighted by molar-refractivity contribution is 7.82. The van der Waals surface area contributed by atoms with Crippen molar-refractivity contribution in [2.24, 2.45) is 11.1 Å². The Morgan fingerprint density at radius 1 is 1.02 bits per heavy atom. The molecule has 7 nitrogen and oxygen atoms in total. The van der Waals surface area contributed by atoms with Gasteiger partial charge in [0.15, 0.2) is 5.69 Å². The third-order valence-corrected chi connectivity index (χ3v) is 9.76. The van der Waals surface area contributed by atoms with Crippen molar-refractivity contribution in [3.8, 4) is 27.5 Å². The Hall–Kier alpha value is -3.99. The van der Waals surface area contributed by atoms with Crippen LogP contribution in [0.5, 0.6) is 0 Å². The van der Waals surface area contributed by atoms with Gasteiger partial charge in [-0.25, -0.2) is 28.2 Å². The Morgan fingerprint density at radius 2 is 1.74 bits per heavy atom. The van der Waals surface area contributed by atoms with Crippen LogP contribution in [0.2, 0.25) is 0 Å². The molecule has 0 saturated heterocycles. The van der Waals surface area contributed by atoms with Crippen molar-refractivity contribution in [2.75, 3.05) is 0 Å². The van der Waals surface area contributed by atoms with Crippen molar-refractivity contribution in [1.29, 1.82) is 0 Å². The summed E-state index contributed by atoms with van der Waals surface area (Å²) >= 11 is 1.23. The third kappa shape index (κ3) is 5.82. The highest BCUT2D eigenvalue weighted by Crippen LogP contribution is 2.42. The lowest BCUT2D eigenvalue weighted by Gasteiger charge is -2.10. The zero-order valence-corrected chi connectivity index (χ0v) is 24.8. The summed E-state index contributed by atoms with van der Waals surface area (Å²) in [7, 11) is -1.58. The maximum absolute atomic E-state index is 15.3. The smallest absolute Gasteiger partial charge is 0.355 e. The van der Waals surface area contributed by atoms with Gasteiger partial charge in [-0.05, 0) is 91.0 Å². The van der Waals surface area contributed by atoms with Crippen LogP contribution in [-0.2, 0) is 23.8 Å². The molecule has 10 heteroatoms. The van der Waals surface area contributed by atoms with E-state index in [-0.39, 0.29) is 11.5 Å². The SMILES string of the molecule is NS(=O)c1ccc(Cc2c(-c3ccc(F)c(-c4ccc(C5CC5)cc4)c3)nn(-c3nc(C(=O)O)cs3)c2CC2CC2)cc1. The standard InChI is InChI=1S/C33H29FN4O3S2/c34-28-14-11-24(17-26(28)23-9-7-22(8-10-23)21-5-6-21)31-27(15-19-3-12-25(13-4-19)43(35)41)30(16-20-1-2-20)38(37-31)33-36-29(18-42-33)32(39)40/h3-4,7-14,17-18,20-21H,1-2,5-6,15-16,35H2,(H,39,40). The van der Waals surface area contributed by atoms with E-state index in [1.54, 1.807) is 22.9 Å². The predicted molar refractivity (Wildman–Crippen MR) is 165 cm³/mol. The number of nitrogens with zero attached hydrogens (tertiary/aromatic N) is 3. The number of rotatable bonds is 10. The van der Waals surface area contributed by atoms with E-state index in [1.807, 2.05) is 30.3 Å². The average Bonchev–Trinajstić information content (AvgIpc) is 3.94. The molecule has 0 bridgehead atoms. The summed E-state index contributed by atoms with van der Waals surface area (Å²) in [5, 5.41) is 22.1. The zero-order valence-electron chi connectivity index (χ0n) is 23.2. The van der Waals surface area contributed by atoms with Crippen molar-refractivity contribution >= 4 is 28.3 Å². The van der Waals surface area contributed by atoms with Gasteiger partial charge in [0.2, 0.25) is 5.13 Å². The van der Waals surface area contributed by atoms with Gasteiger partial charge in [0.1, 0.15) is 16.8 Å². The van der Waals surface area contributed by atoms with Crippen molar-refractivity contribution in [1.82, 2.24) is 14.8 Å². The molecule has 0 spiro atoms. The van der Waals surface area contributed by atoms with Gasteiger partial charge in [-0.2, -0.15) is 5.10 Å². The second kappa shape index (κ2) is 11.3. The normalized spacial score (nSPS) is 15.5. The Balaban J connectivity index is 1.36. The first-order valence-corrected chi connectivity index (χ1v) is 16.4. The highest BCUT2D eigenvalue weighted by atomic mass is 32.2. The van der Waals surface area contributed by atoms with Crippen molar-refractivity contribution in [2.45, 2.75) is 49.3 Å². The first kappa shape index (κ1) is 27.8. The number of hydrogen-bond acceptors (Lipinski definition) is 5. The van der Waals surface area contributed by atoms with E-state index >= 15 is 4.39 Å². The van der Waals surface area contributed by atoms with Crippen molar-refractivity contribution < 1.29 is 18.5 Å². The van der Waals surface area contributed by atoms with Crippen LogP contribution in [0.1, 0.15) is 64.5 Å². The zero-order chi connectivity index (χ0) is 29.7. The molecule has 7 rings (SSSR count). The molecule has 1 atom stereocenters. The number of benzene rings is 3. The minimum atomic E-state index is -1.58. The molecule has 1 unspecified atom stereocenters. The van der Waals surface area contributed by atoms with E-state index < -0.39 is 17.0 Å². The summed E-state index contributed by atoms with van der Waals surface area (Å²) in [4.78, 5) is 16.6. The van der Waals surface area contributed by atoms with E-state index in [1.165, 1.54) is 41.2 Å². The molecule has 218 valence electrons. The van der Waals surface area contributed by atoms with Crippen molar-refractivity contribution in [3.05, 3.63) is 106 Å². The molecule has 0 aliphatic heterocycles. The van der Waals surface area contributed by atoms with Gasteiger partial charge in [0.25, 0.3) is 0 Å². The molecule has 43 heavy (non-hydrogen) atoms. The van der Waals surface area contributed by atoms with Crippen LogP contribution in [0.25, 0.3) is 27.5 Å². The number of aromatic carboxylic acids is 1. The molecule has 2 heterocycles. The molecule has 5 aromatic rings. The lowest BCUT2D eigenvalue weighted by molar-refractivity contribution is 0.0691. The minimum Gasteiger partial charge on any atom is -0.476 e. The fraction of sp³-hybridized carbons (Fsp3) is 0.242. The molecule has 2 aliphatic rings. The van der Waals surface area contributed by atoms with Gasteiger partial charge >= 0.3 is 5.97 Å². The monoisotopic (exact) mass is 612 g/mol. The van der Waals surface area contributed by atoms with Crippen LogP contribution in [0.4, 0.5) is 4.39 Å². The molecule has 3 N–H and O–H groups in total. The lowest BCUT2D eigenvalue weighted by atomic mass is 9.94. The van der Waals surface area contributed by atoms with Gasteiger partial charge < -0.3 is 5.11 Å². The van der Waals surface area contributed by atoms with Crippen LogP contribution in [0.15, 0.2) is 77.0 Å². The lowest BCUT2D eigenvalue weighted by Crippen LogP contribution is -2.06. The fourth-order valence-corrected chi connectivity index (χ4v) is 6.69. The predicted octanol–water partition coefficient (Wildman–Crippen LogP) is 6.90. The quantitative estimate of drug-likeness (QED) is 0.178. The Morgan fingerprint density at radius 3 is 2.37 bits per heavy atom. The molecule has 2 aliphatic carbocycles. The molecular formula is C33H29FN4O3S2. The summed E-state index contributed by atoms with van der Waals surface area (Å²) in [5.74, 6) is -0.268. The summed E-state index contributed by atoms with van der Waals surface area (Å²) in [5.41, 5.74) is 6.96. The third-order valence-electron chi connectivity index (χ3n) is 8.21. The van der Waals surface area contributed by atoms with Gasteiger partial charge in [-0.3, -0.25) is 0 Å². The summed E-state index contributed by atoms with van der Waals surface area (Å²) in [6, 6.07) is 20.6. The maximum atomic E-state index is 15.3. The van der Waals surface area contributed by atoms with E-state index in [0.717, 1.165) is 47.2 Å². The molecule has 2 aromatic heterocycles.